The van der Waals surface area contributed by atoms with E-state index in [1.165, 1.54) is 22.3 Å². The molecule has 1 unspecified atom stereocenters. The monoisotopic (exact) mass is 355 g/mol. The number of hydrogen-bond donors (Lipinski definition) is 1. The Balaban J connectivity index is 2.10. The first-order chi connectivity index (χ1) is 12.4. The predicted octanol–water partition coefficient (Wildman–Crippen LogP) is 4.25. The van der Waals surface area contributed by atoms with Gasteiger partial charge in [0.05, 0.1) is 27.4 Å². The maximum absolute atomic E-state index is 5.59. The molecule has 1 aliphatic rings. The van der Waals surface area contributed by atoms with Crippen molar-refractivity contribution in [3.63, 3.8) is 0 Å². The van der Waals surface area contributed by atoms with Crippen molar-refractivity contribution < 1.29 is 14.2 Å². The molecular weight excluding hydrogens is 326 g/mol. The lowest BCUT2D eigenvalue weighted by molar-refractivity contribution is 0.353. The minimum atomic E-state index is 0.0104. The number of ether oxygens (including phenoxy) is 3. The highest BCUT2D eigenvalue weighted by Crippen LogP contribution is 2.39. The minimum absolute atomic E-state index is 0.0104. The molecule has 0 fully saturated rings. The van der Waals surface area contributed by atoms with Gasteiger partial charge in [-0.05, 0) is 58.4 Å². The van der Waals surface area contributed by atoms with Gasteiger partial charge in [-0.1, -0.05) is 26.8 Å². The summed E-state index contributed by atoms with van der Waals surface area (Å²) in [4.78, 5) is 0. The summed E-state index contributed by atoms with van der Waals surface area (Å²) in [7, 11) is 5.10. The van der Waals surface area contributed by atoms with Crippen LogP contribution in [-0.4, -0.2) is 27.9 Å². The fraction of sp³-hybridized carbons (Fsp3) is 0.455. The van der Waals surface area contributed by atoms with Crippen LogP contribution in [0.25, 0.3) is 0 Å². The Kier molecular flexibility index (Phi) is 5.15. The number of hydrogen-bond acceptors (Lipinski definition) is 4. The lowest BCUT2D eigenvalue weighted by Crippen LogP contribution is -2.31. The van der Waals surface area contributed by atoms with Crippen molar-refractivity contribution in [1.82, 2.24) is 5.32 Å². The van der Waals surface area contributed by atoms with Gasteiger partial charge in [0.15, 0.2) is 11.5 Å². The van der Waals surface area contributed by atoms with E-state index in [2.05, 4.69) is 56.4 Å². The van der Waals surface area contributed by atoms with Crippen LogP contribution in [0, 0.1) is 0 Å². The van der Waals surface area contributed by atoms with Crippen LogP contribution in [0.5, 0.6) is 17.2 Å². The Morgan fingerprint density at radius 2 is 1.54 bits per heavy atom. The molecule has 1 aliphatic heterocycles. The molecule has 0 saturated carbocycles. The van der Waals surface area contributed by atoms with Gasteiger partial charge >= 0.3 is 0 Å². The summed E-state index contributed by atoms with van der Waals surface area (Å²) in [6.07, 6.45) is 0.981. The number of methoxy groups -OCH3 is 3. The van der Waals surface area contributed by atoms with E-state index in [1.54, 1.807) is 21.3 Å². The molecule has 1 atom stereocenters. The van der Waals surface area contributed by atoms with E-state index < -0.39 is 0 Å². The van der Waals surface area contributed by atoms with Crippen LogP contribution in [-0.2, 0) is 11.8 Å². The second kappa shape index (κ2) is 7.20. The summed E-state index contributed by atoms with van der Waals surface area (Å²) >= 11 is 0. The van der Waals surface area contributed by atoms with Gasteiger partial charge in [0.25, 0.3) is 0 Å². The van der Waals surface area contributed by atoms with Crippen LogP contribution < -0.4 is 19.5 Å². The van der Waals surface area contributed by atoms with Crippen LogP contribution in [0.2, 0.25) is 0 Å². The highest BCUT2D eigenvalue weighted by atomic mass is 16.5. The van der Waals surface area contributed by atoms with Gasteiger partial charge in [-0.25, -0.2) is 0 Å². The lowest BCUT2D eigenvalue weighted by atomic mass is 9.82. The van der Waals surface area contributed by atoms with E-state index in [-0.39, 0.29) is 11.5 Å². The molecule has 0 aliphatic carbocycles. The third kappa shape index (κ3) is 3.38. The van der Waals surface area contributed by atoms with Crippen LogP contribution in [0.4, 0.5) is 0 Å². The molecule has 0 spiro atoms. The zero-order chi connectivity index (χ0) is 18.9. The summed E-state index contributed by atoms with van der Waals surface area (Å²) < 4.78 is 16.6. The second-order valence-electron chi connectivity index (χ2n) is 7.75. The zero-order valence-electron chi connectivity index (χ0n) is 16.6. The van der Waals surface area contributed by atoms with Crippen LogP contribution in [0.1, 0.15) is 49.1 Å². The molecule has 2 aromatic rings. The van der Waals surface area contributed by atoms with Gasteiger partial charge in [0, 0.05) is 6.54 Å². The summed E-state index contributed by atoms with van der Waals surface area (Å²) in [6.45, 7) is 7.57. The standard InChI is InChI=1S/C22H29NO3/c1-22(2,3)17-11-15(7-8-18(17)24-4)21-16-13-20(26-6)19(25-5)12-14(16)9-10-23-21/h7-8,11-13,21,23H,9-10H2,1-6H3. The summed E-state index contributed by atoms with van der Waals surface area (Å²) in [5.41, 5.74) is 5.02. The Labute approximate surface area is 156 Å². The Hall–Kier alpha value is -2.20. The summed E-state index contributed by atoms with van der Waals surface area (Å²) in [5, 5.41) is 3.66. The molecule has 2 aromatic carbocycles. The second-order valence-corrected chi connectivity index (χ2v) is 7.75. The first-order valence-corrected chi connectivity index (χ1v) is 9.05. The average Bonchev–Trinajstić information content (AvgIpc) is 2.65. The van der Waals surface area contributed by atoms with E-state index in [0.29, 0.717) is 0 Å². The van der Waals surface area contributed by atoms with Crippen molar-refractivity contribution in [2.24, 2.45) is 0 Å². The third-order valence-electron chi connectivity index (χ3n) is 5.06. The zero-order valence-corrected chi connectivity index (χ0v) is 16.6. The van der Waals surface area contributed by atoms with E-state index in [9.17, 15) is 0 Å². The van der Waals surface area contributed by atoms with Crippen LogP contribution in [0.15, 0.2) is 30.3 Å². The molecule has 3 rings (SSSR count). The van der Waals surface area contributed by atoms with Crippen molar-refractivity contribution >= 4 is 0 Å². The van der Waals surface area contributed by atoms with Crippen molar-refractivity contribution in [3.8, 4) is 17.2 Å². The van der Waals surface area contributed by atoms with E-state index in [4.69, 9.17) is 14.2 Å². The van der Waals surface area contributed by atoms with E-state index in [1.807, 2.05) is 0 Å². The Morgan fingerprint density at radius 3 is 2.15 bits per heavy atom. The highest BCUT2D eigenvalue weighted by Gasteiger charge is 2.26. The summed E-state index contributed by atoms with van der Waals surface area (Å²) in [5.74, 6) is 2.49. The molecular formula is C22H29NO3. The molecule has 4 nitrogen and oxygen atoms in total. The molecule has 0 saturated heterocycles. The SMILES string of the molecule is COc1cc2c(cc1OC)C(c1ccc(OC)c(C(C)(C)C)c1)NCC2. The Morgan fingerprint density at radius 1 is 0.885 bits per heavy atom. The van der Waals surface area contributed by atoms with Gasteiger partial charge in [-0.3, -0.25) is 0 Å². The maximum atomic E-state index is 5.59. The van der Waals surface area contributed by atoms with Gasteiger partial charge < -0.3 is 19.5 Å². The fourth-order valence-electron chi connectivity index (χ4n) is 3.67. The number of nitrogens with one attached hydrogen (secondary N) is 1. The van der Waals surface area contributed by atoms with E-state index >= 15 is 0 Å². The van der Waals surface area contributed by atoms with Gasteiger partial charge in [0.1, 0.15) is 5.75 Å². The third-order valence-corrected chi connectivity index (χ3v) is 5.06. The molecule has 0 bridgehead atoms. The van der Waals surface area contributed by atoms with Gasteiger partial charge in [0.2, 0.25) is 0 Å². The minimum Gasteiger partial charge on any atom is -0.496 e. The molecule has 0 amide bonds. The van der Waals surface area contributed by atoms with Gasteiger partial charge in [-0.2, -0.15) is 0 Å². The van der Waals surface area contributed by atoms with Crippen molar-refractivity contribution in [2.75, 3.05) is 27.9 Å². The quantitative estimate of drug-likeness (QED) is 0.890. The van der Waals surface area contributed by atoms with Crippen molar-refractivity contribution in [2.45, 2.75) is 38.6 Å². The first kappa shape index (κ1) is 18.6. The predicted molar refractivity (Wildman–Crippen MR) is 105 cm³/mol. The topological polar surface area (TPSA) is 39.7 Å². The average molecular weight is 355 g/mol. The summed E-state index contributed by atoms with van der Waals surface area (Å²) in [6, 6.07) is 10.8. The first-order valence-electron chi connectivity index (χ1n) is 9.05. The largest absolute Gasteiger partial charge is 0.496 e. The van der Waals surface area contributed by atoms with Crippen molar-refractivity contribution in [1.29, 1.82) is 0 Å². The Bertz CT molecular complexity index is 793. The maximum Gasteiger partial charge on any atom is 0.161 e. The van der Waals surface area contributed by atoms with Crippen LogP contribution in [0.3, 0.4) is 0 Å². The molecule has 0 aromatic heterocycles. The van der Waals surface area contributed by atoms with Crippen LogP contribution >= 0.6 is 0 Å². The fourth-order valence-corrected chi connectivity index (χ4v) is 3.67. The molecule has 1 heterocycles. The van der Waals surface area contributed by atoms with Gasteiger partial charge in [-0.15, -0.1) is 0 Å². The highest BCUT2D eigenvalue weighted by molar-refractivity contribution is 5.53. The molecule has 26 heavy (non-hydrogen) atoms. The lowest BCUT2D eigenvalue weighted by Gasteiger charge is -2.30. The molecule has 140 valence electrons. The molecule has 4 heteroatoms. The number of rotatable bonds is 4. The molecule has 0 radical (unpaired) electrons. The smallest absolute Gasteiger partial charge is 0.161 e. The van der Waals surface area contributed by atoms with E-state index in [0.717, 1.165) is 30.2 Å². The normalized spacial score (nSPS) is 16.8. The number of benzene rings is 2. The van der Waals surface area contributed by atoms with Crippen molar-refractivity contribution in [3.05, 3.63) is 52.6 Å². The molecule has 1 N–H and O–H groups in total. The number of fused-ring (bicyclic) bond motifs is 1.